The Hall–Kier alpha value is -3.47. The summed E-state index contributed by atoms with van der Waals surface area (Å²) in [5, 5.41) is 14.7. The topological polar surface area (TPSA) is 95.6 Å². The van der Waals surface area contributed by atoms with E-state index in [2.05, 4.69) is 30.8 Å². The number of aromatic nitrogens is 4. The summed E-state index contributed by atoms with van der Waals surface area (Å²) in [4.78, 5) is 21.6. The fourth-order valence-corrected chi connectivity index (χ4v) is 4.96. The van der Waals surface area contributed by atoms with E-state index in [-0.39, 0.29) is 46.2 Å². The van der Waals surface area contributed by atoms with Gasteiger partial charge in [-0.05, 0) is 44.7 Å². The minimum Gasteiger partial charge on any atom is -0.365 e. The highest BCUT2D eigenvalue weighted by molar-refractivity contribution is 7.10. The van der Waals surface area contributed by atoms with Crippen molar-refractivity contribution in [3.63, 3.8) is 0 Å². The van der Waals surface area contributed by atoms with E-state index in [1.807, 2.05) is 18.4 Å². The zero-order valence-corrected chi connectivity index (χ0v) is 19.0. The summed E-state index contributed by atoms with van der Waals surface area (Å²) >= 11 is 1.52. The highest BCUT2D eigenvalue weighted by Gasteiger charge is 2.26. The summed E-state index contributed by atoms with van der Waals surface area (Å²) < 4.78 is 42.9. The lowest BCUT2D eigenvalue weighted by molar-refractivity contribution is 0.0927. The summed E-state index contributed by atoms with van der Waals surface area (Å²) in [6, 6.07) is 3.51. The molecule has 1 fully saturated rings. The third-order valence-electron chi connectivity index (χ3n) is 5.89. The Morgan fingerprint density at radius 2 is 1.97 bits per heavy atom. The molecule has 5 rings (SSSR count). The third-order valence-corrected chi connectivity index (χ3v) is 6.75. The van der Waals surface area contributed by atoms with Crippen molar-refractivity contribution in [1.82, 2.24) is 25.5 Å². The standard InChI is InChI=1S/C23H21F3N6OS/c1-11-5-12(10-34-11)23(33)29-15-4-2-3-14(7-15)28-22-18(26)8-17(25)20(30-22)19-16-6-13(24)9-27-21(16)32-31-19/h5-6,8-10,14-15H,2-4,7H2,1H3,(H,28,30)(H,29,33)(H,27,31,32)/t14?,15-/m1/s1. The molecule has 2 atom stereocenters. The van der Waals surface area contributed by atoms with Gasteiger partial charge in [0.2, 0.25) is 0 Å². The molecule has 0 saturated heterocycles. The minimum absolute atomic E-state index is 0.0764. The van der Waals surface area contributed by atoms with Gasteiger partial charge in [0.05, 0.1) is 22.8 Å². The molecule has 1 aliphatic rings. The van der Waals surface area contributed by atoms with Gasteiger partial charge in [0.15, 0.2) is 23.1 Å². The fraction of sp³-hybridized carbons (Fsp3) is 0.304. The molecule has 4 aromatic rings. The van der Waals surface area contributed by atoms with E-state index >= 15 is 0 Å². The quantitative estimate of drug-likeness (QED) is 0.371. The summed E-state index contributed by atoms with van der Waals surface area (Å²) in [5.41, 5.74) is 0.754. The number of aryl methyl sites for hydroxylation is 1. The second-order valence-corrected chi connectivity index (χ2v) is 9.51. The molecule has 7 nitrogen and oxygen atoms in total. The summed E-state index contributed by atoms with van der Waals surface area (Å²) in [7, 11) is 0. The molecule has 0 bridgehead atoms. The molecular formula is C23H21F3N6OS. The monoisotopic (exact) mass is 486 g/mol. The molecule has 176 valence electrons. The van der Waals surface area contributed by atoms with Crippen LogP contribution < -0.4 is 10.6 Å². The van der Waals surface area contributed by atoms with Crippen molar-refractivity contribution in [3.05, 3.63) is 57.7 Å². The van der Waals surface area contributed by atoms with Crippen LogP contribution in [-0.4, -0.2) is 38.2 Å². The highest BCUT2D eigenvalue weighted by Crippen LogP contribution is 2.30. The zero-order chi connectivity index (χ0) is 23.8. The number of fused-ring (bicyclic) bond motifs is 1. The van der Waals surface area contributed by atoms with Crippen LogP contribution in [0.1, 0.15) is 40.9 Å². The fourth-order valence-electron chi connectivity index (χ4n) is 4.27. The van der Waals surface area contributed by atoms with E-state index in [0.717, 1.165) is 36.4 Å². The van der Waals surface area contributed by atoms with Crippen molar-refractivity contribution in [2.75, 3.05) is 5.32 Å². The maximum Gasteiger partial charge on any atom is 0.252 e. The maximum absolute atomic E-state index is 14.6. The number of hydrogen-bond acceptors (Lipinski definition) is 6. The first-order valence-corrected chi connectivity index (χ1v) is 11.7. The molecule has 0 aliphatic heterocycles. The number of carbonyl (C=O) groups excluding carboxylic acids is 1. The van der Waals surface area contributed by atoms with Crippen LogP contribution in [-0.2, 0) is 0 Å². The summed E-state index contributed by atoms with van der Waals surface area (Å²) in [6.45, 7) is 1.94. The third kappa shape index (κ3) is 4.47. The molecule has 0 aromatic carbocycles. The zero-order valence-electron chi connectivity index (χ0n) is 18.2. The van der Waals surface area contributed by atoms with Gasteiger partial charge in [-0.15, -0.1) is 11.3 Å². The summed E-state index contributed by atoms with van der Waals surface area (Å²) in [5.74, 6) is -2.60. The van der Waals surface area contributed by atoms with Gasteiger partial charge in [0.25, 0.3) is 5.91 Å². The minimum atomic E-state index is -0.905. The van der Waals surface area contributed by atoms with Crippen molar-refractivity contribution >= 4 is 34.1 Å². The molecule has 34 heavy (non-hydrogen) atoms. The number of rotatable bonds is 5. The van der Waals surface area contributed by atoms with Crippen molar-refractivity contribution in [1.29, 1.82) is 0 Å². The Bertz CT molecular complexity index is 1370. The van der Waals surface area contributed by atoms with Crippen LogP contribution in [0.2, 0.25) is 0 Å². The number of anilines is 1. The first kappa shape index (κ1) is 22.3. The van der Waals surface area contributed by atoms with E-state index in [1.54, 1.807) is 0 Å². The van der Waals surface area contributed by atoms with Gasteiger partial charge >= 0.3 is 0 Å². The Kier molecular flexibility index (Phi) is 5.94. The van der Waals surface area contributed by atoms with Gasteiger partial charge in [-0.3, -0.25) is 9.89 Å². The van der Waals surface area contributed by atoms with Crippen molar-refractivity contribution < 1.29 is 18.0 Å². The SMILES string of the molecule is Cc1cc(C(=O)N[C@@H]2CCCC(Nc3nc(-c4[nH]nc5ncc(F)cc45)c(F)cc3F)C2)cs1. The lowest BCUT2D eigenvalue weighted by atomic mass is 9.90. The number of amides is 1. The van der Waals surface area contributed by atoms with E-state index in [4.69, 9.17) is 0 Å². The van der Waals surface area contributed by atoms with Crippen LogP contribution >= 0.6 is 11.3 Å². The van der Waals surface area contributed by atoms with Crippen LogP contribution in [0.25, 0.3) is 22.4 Å². The van der Waals surface area contributed by atoms with Crippen LogP contribution in [0.3, 0.4) is 0 Å². The van der Waals surface area contributed by atoms with Gasteiger partial charge in [0, 0.05) is 28.4 Å². The molecule has 3 N–H and O–H groups in total. The molecule has 4 heterocycles. The largest absolute Gasteiger partial charge is 0.365 e. The smallest absolute Gasteiger partial charge is 0.252 e. The number of hydrogen-bond donors (Lipinski definition) is 3. The van der Waals surface area contributed by atoms with Gasteiger partial charge in [-0.2, -0.15) is 5.10 Å². The molecule has 0 spiro atoms. The number of halogens is 3. The predicted molar refractivity (Wildman–Crippen MR) is 123 cm³/mol. The highest BCUT2D eigenvalue weighted by atomic mass is 32.1. The van der Waals surface area contributed by atoms with E-state index in [0.29, 0.717) is 12.0 Å². The Morgan fingerprint density at radius 3 is 2.76 bits per heavy atom. The molecule has 1 unspecified atom stereocenters. The molecule has 0 radical (unpaired) electrons. The van der Waals surface area contributed by atoms with E-state index in [1.165, 1.54) is 17.4 Å². The predicted octanol–water partition coefficient (Wildman–Crippen LogP) is 4.96. The molecule has 11 heteroatoms. The number of nitrogens with one attached hydrogen (secondary N) is 3. The van der Waals surface area contributed by atoms with Crippen LogP contribution in [0.4, 0.5) is 19.0 Å². The Labute approximate surface area is 196 Å². The Balaban J connectivity index is 1.35. The molecule has 1 saturated carbocycles. The van der Waals surface area contributed by atoms with E-state index in [9.17, 15) is 18.0 Å². The Morgan fingerprint density at radius 1 is 1.15 bits per heavy atom. The maximum atomic E-state index is 14.6. The van der Waals surface area contributed by atoms with Crippen molar-refractivity contribution in [2.24, 2.45) is 0 Å². The second kappa shape index (κ2) is 9.05. The van der Waals surface area contributed by atoms with Gasteiger partial charge in [-0.25, -0.2) is 23.1 Å². The first-order valence-electron chi connectivity index (χ1n) is 10.9. The molecular weight excluding hydrogens is 465 g/mol. The van der Waals surface area contributed by atoms with Gasteiger partial charge in [0.1, 0.15) is 11.5 Å². The van der Waals surface area contributed by atoms with Gasteiger partial charge < -0.3 is 10.6 Å². The number of pyridine rings is 2. The van der Waals surface area contributed by atoms with E-state index < -0.39 is 17.5 Å². The average molecular weight is 487 g/mol. The molecule has 1 amide bonds. The van der Waals surface area contributed by atoms with Crippen molar-refractivity contribution in [3.8, 4) is 11.4 Å². The number of carbonyl (C=O) groups is 1. The lowest BCUT2D eigenvalue weighted by Gasteiger charge is -2.30. The number of H-pyrrole nitrogens is 1. The van der Waals surface area contributed by atoms with Gasteiger partial charge in [-0.1, -0.05) is 0 Å². The number of nitrogens with zero attached hydrogens (tertiary/aromatic N) is 3. The molecule has 4 aromatic heterocycles. The van der Waals surface area contributed by atoms with Crippen LogP contribution in [0, 0.1) is 24.4 Å². The summed E-state index contributed by atoms with van der Waals surface area (Å²) in [6.07, 6.45) is 3.98. The normalized spacial score (nSPS) is 18.2. The van der Waals surface area contributed by atoms with Crippen LogP contribution in [0.15, 0.2) is 29.8 Å². The molecule has 1 aliphatic carbocycles. The van der Waals surface area contributed by atoms with Crippen molar-refractivity contribution in [2.45, 2.75) is 44.7 Å². The number of thiophene rings is 1. The average Bonchev–Trinajstić information content (AvgIpc) is 3.42. The first-order chi connectivity index (χ1) is 16.4. The lowest BCUT2D eigenvalue weighted by Crippen LogP contribution is -2.41. The van der Waals surface area contributed by atoms with Crippen LogP contribution in [0.5, 0.6) is 0 Å². The second-order valence-electron chi connectivity index (χ2n) is 8.40. The number of aromatic amines is 1.